The third kappa shape index (κ3) is 4.48. The van der Waals surface area contributed by atoms with Crippen LogP contribution in [0.3, 0.4) is 0 Å². The van der Waals surface area contributed by atoms with Crippen molar-refractivity contribution in [3.63, 3.8) is 0 Å². The van der Waals surface area contributed by atoms with E-state index in [9.17, 15) is 8.42 Å². The van der Waals surface area contributed by atoms with Gasteiger partial charge in [0.15, 0.2) is 5.82 Å². The first-order valence-corrected chi connectivity index (χ1v) is 11.8. The second kappa shape index (κ2) is 9.00. The molecule has 0 bridgehead atoms. The molecule has 0 radical (unpaired) electrons. The van der Waals surface area contributed by atoms with E-state index in [0.717, 1.165) is 11.3 Å². The molecule has 31 heavy (non-hydrogen) atoms. The van der Waals surface area contributed by atoms with Crippen molar-refractivity contribution in [3.8, 4) is 17.0 Å². The predicted octanol–water partition coefficient (Wildman–Crippen LogP) is 3.97. The maximum atomic E-state index is 13.0. The van der Waals surface area contributed by atoms with E-state index in [1.165, 1.54) is 16.4 Å². The van der Waals surface area contributed by atoms with Gasteiger partial charge in [-0.2, -0.15) is 4.31 Å². The Labute approximate surface area is 191 Å². The summed E-state index contributed by atoms with van der Waals surface area (Å²) in [7, 11) is -2.12. The average molecular weight is 479 g/mol. The third-order valence-corrected chi connectivity index (χ3v) is 7.72. The Hall–Kier alpha value is -2.39. The lowest BCUT2D eigenvalue weighted by molar-refractivity contribution is 0.383. The molecular weight excluding hydrogens is 459 g/mol. The van der Waals surface area contributed by atoms with Gasteiger partial charge in [-0.25, -0.2) is 8.42 Å². The highest BCUT2D eigenvalue weighted by Crippen LogP contribution is 2.30. The number of methoxy groups -OCH3 is 1. The standard InChI is InChI=1S/C21H20Cl2N4O3S/c1-30-19-5-3-2-4-16(19)18-8-9-21(25-24-18)26-10-12-27(13-11-26)31(28,29)20-14-15(22)6-7-17(20)23/h2-9,14H,10-13H2,1H3. The van der Waals surface area contributed by atoms with Gasteiger partial charge in [-0.3, -0.25) is 0 Å². The fraction of sp³-hybridized carbons (Fsp3) is 0.238. The van der Waals surface area contributed by atoms with Crippen LogP contribution in [0.4, 0.5) is 5.82 Å². The van der Waals surface area contributed by atoms with Gasteiger partial charge in [-0.15, -0.1) is 10.2 Å². The summed E-state index contributed by atoms with van der Waals surface area (Å²) in [6.07, 6.45) is 0. The summed E-state index contributed by atoms with van der Waals surface area (Å²) >= 11 is 12.1. The highest BCUT2D eigenvalue weighted by molar-refractivity contribution is 7.89. The number of rotatable bonds is 5. The van der Waals surface area contributed by atoms with E-state index < -0.39 is 10.0 Å². The molecule has 1 fully saturated rings. The Bertz CT molecular complexity index is 1180. The van der Waals surface area contributed by atoms with Crippen molar-refractivity contribution >= 4 is 39.0 Å². The van der Waals surface area contributed by atoms with Gasteiger partial charge < -0.3 is 9.64 Å². The molecule has 0 saturated carbocycles. The smallest absolute Gasteiger partial charge is 0.244 e. The molecule has 7 nitrogen and oxygen atoms in total. The van der Waals surface area contributed by atoms with Gasteiger partial charge in [-0.05, 0) is 42.5 Å². The molecule has 10 heteroatoms. The molecule has 2 aromatic carbocycles. The molecular formula is C21H20Cl2N4O3S. The highest BCUT2D eigenvalue weighted by Gasteiger charge is 2.30. The summed E-state index contributed by atoms with van der Waals surface area (Å²) in [5.74, 6) is 1.42. The van der Waals surface area contributed by atoms with Crippen molar-refractivity contribution in [1.82, 2.24) is 14.5 Å². The van der Waals surface area contributed by atoms with Gasteiger partial charge in [0, 0.05) is 36.8 Å². The number of ether oxygens (including phenoxy) is 1. The lowest BCUT2D eigenvalue weighted by atomic mass is 10.1. The van der Waals surface area contributed by atoms with Crippen molar-refractivity contribution in [1.29, 1.82) is 0 Å². The van der Waals surface area contributed by atoms with Crippen LogP contribution < -0.4 is 9.64 Å². The fourth-order valence-corrected chi connectivity index (χ4v) is 5.62. The molecule has 4 rings (SSSR count). The van der Waals surface area contributed by atoms with Crippen molar-refractivity contribution in [2.75, 3.05) is 38.2 Å². The van der Waals surface area contributed by atoms with Crippen LogP contribution in [0.2, 0.25) is 10.0 Å². The zero-order valence-corrected chi connectivity index (χ0v) is 19.0. The maximum absolute atomic E-state index is 13.0. The summed E-state index contributed by atoms with van der Waals surface area (Å²) < 4.78 is 32.8. The van der Waals surface area contributed by atoms with E-state index in [-0.39, 0.29) is 9.92 Å². The molecule has 1 aliphatic heterocycles. The number of halogens is 2. The van der Waals surface area contributed by atoms with Gasteiger partial charge in [0.05, 0.1) is 17.8 Å². The lowest BCUT2D eigenvalue weighted by Gasteiger charge is -2.34. The minimum atomic E-state index is -3.73. The zero-order chi connectivity index (χ0) is 22.0. The van der Waals surface area contributed by atoms with Crippen LogP contribution in [0.25, 0.3) is 11.3 Å². The third-order valence-electron chi connectivity index (χ3n) is 5.11. The summed E-state index contributed by atoms with van der Waals surface area (Å²) in [5.41, 5.74) is 1.57. The topological polar surface area (TPSA) is 75.6 Å². The van der Waals surface area contributed by atoms with Gasteiger partial charge in [0.2, 0.25) is 10.0 Å². The summed E-state index contributed by atoms with van der Waals surface area (Å²) in [6, 6.07) is 15.8. The predicted molar refractivity (Wildman–Crippen MR) is 121 cm³/mol. The number of sulfonamides is 1. The van der Waals surface area contributed by atoms with E-state index in [1.807, 2.05) is 41.3 Å². The van der Waals surface area contributed by atoms with E-state index in [1.54, 1.807) is 13.2 Å². The Morgan fingerprint density at radius 2 is 1.68 bits per heavy atom. The first-order chi connectivity index (χ1) is 14.9. The van der Waals surface area contributed by atoms with Crippen LogP contribution in [-0.2, 0) is 10.0 Å². The second-order valence-electron chi connectivity index (χ2n) is 6.94. The molecule has 162 valence electrons. The van der Waals surface area contributed by atoms with Crippen molar-refractivity contribution < 1.29 is 13.2 Å². The molecule has 0 unspecified atom stereocenters. The van der Waals surface area contributed by atoms with E-state index in [2.05, 4.69) is 10.2 Å². The minimum Gasteiger partial charge on any atom is -0.496 e. The highest BCUT2D eigenvalue weighted by atomic mass is 35.5. The summed E-state index contributed by atoms with van der Waals surface area (Å²) in [6.45, 7) is 1.59. The largest absolute Gasteiger partial charge is 0.496 e. The van der Waals surface area contributed by atoms with Gasteiger partial charge in [0.1, 0.15) is 10.6 Å². The molecule has 0 aliphatic carbocycles. The molecule has 1 saturated heterocycles. The fourth-order valence-electron chi connectivity index (χ4n) is 3.47. The van der Waals surface area contributed by atoms with Crippen molar-refractivity contribution in [2.45, 2.75) is 4.90 Å². The van der Waals surface area contributed by atoms with E-state index >= 15 is 0 Å². The molecule has 0 atom stereocenters. The number of para-hydroxylation sites is 1. The maximum Gasteiger partial charge on any atom is 0.244 e. The summed E-state index contributed by atoms with van der Waals surface area (Å²) in [4.78, 5) is 2.03. The molecule has 2 heterocycles. The van der Waals surface area contributed by atoms with Crippen LogP contribution in [0.1, 0.15) is 0 Å². The number of nitrogens with zero attached hydrogens (tertiary/aromatic N) is 4. The Kier molecular flexibility index (Phi) is 6.34. The molecule has 3 aromatic rings. The molecule has 1 aliphatic rings. The minimum absolute atomic E-state index is 0.0241. The lowest BCUT2D eigenvalue weighted by Crippen LogP contribution is -2.49. The SMILES string of the molecule is COc1ccccc1-c1ccc(N2CCN(S(=O)(=O)c3cc(Cl)ccc3Cl)CC2)nn1. The van der Waals surface area contributed by atoms with Crippen molar-refractivity contribution in [3.05, 3.63) is 64.6 Å². The molecule has 0 amide bonds. The number of hydrogen-bond acceptors (Lipinski definition) is 6. The van der Waals surface area contributed by atoms with Gasteiger partial charge in [-0.1, -0.05) is 35.3 Å². The number of piperazine rings is 1. The average Bonchev–Trinajstić information content (AvgIpc) is 2.80. The van der Waals surface area contributed by atoms with E-state index in [0.29, 0.717) is 42.7 Å². The van der Waals surface area contributed by atoms with Gasteiger partial charge in [0.25, 0.3) is 0 Å². The Morgan fingerprint density at radius 1 is 0.935 bits per heavy atom. The summed E-state index contributed by atoms with van der Waals surface area (Å²) in [5, 5.41) is 9.16. The molecule has 1 aromatic heterocycles. The second-order valence-corrected chi connectivity index (χ2v) is 9.69. The Morgan fingerprint density at radius 3 is 2.35 bits per heavy atom. The monoisotopic (exact) mass is 478 g/mol. The van der Waals surface area contributed by atoms with Crippen LogP contribution in [0.15, 0.2) is 59.5 Å². The number of benzene rings is 2. The van der Waals surface area contributed by atoms with Crippen molar-refractivity contribution in [2.24, 2.45) is 0 Å². The number of aromatic nitrogens is 2. The molecule has 0 N–H and O–H groups in total. The quantitative estimate of drug-likeness (QED) is 0.552. The Balaban J connectivity index is 1.47. The first kappa shape index (κ1) is 21.8. The number of anilines is 1. The van der Waals surface area contributed by atoms with Crippen LogP contribution in [0.5, 0.6) is 5.75 Å². The molecule has 0 spiro atoms. The van der Waals surface area contributed by atoms with Crippen LogP contribution in [0, 0.1) is 0 Å². The first-order valence-electron chi connectivity index (χ1n) is 9.57. The van der Waals surface area contributed by atoms with Crippen LogP contribution >= 0.6 is 23.2 Å². The van der Waals surface area contributed by atoms with Gasteiger partial charge >= 0.3 is 0 Å². The normalized spacial score (nSPS) is 15.1. The van der Waals surface area contributed by atoms with E-state index in [4.69, 9.17) is 27.9 Å². The zero-order valence-electron chi connectivity index (χ0n) is 16.7. The number of hydrogen-bond donors (Lipinski definition) is 0. The van der Waals surface area contributed by atoms with Crippen LogP contribution in [-0.4, -0.2) is 56.2 Å².